The summed E-state index contributed by atoms with van der Waals surface area (Å²) in [7, 11) is 0. The Morgan fingerprint density at radius 3 is 2.47 bits per heavy atom. The predicted molar refractivity (Wildman–Crippen MR) is 72.2 cm³/mol. The first-order chi connectivity index (χ1) is 9.24. The van der Waals surface area contributed by atoms with E-state index >= 15 is 0 Å². The Labute approximate surface area is 111 Å². The number of para-hydroxylation sites is 1. The molecule has 1 nitrogen and oxygen atoms in total. The molecule has 1 N–H and O–H groups in total. The zero-order valence-corrected chi connectivity index (χ0v) is 10.5. The Morgan fingerprint density at radius 1 is 0.947 bits per heavy atom. The van der Waals surface area contributed by atoms with E-state index in [4.69, 9.17) is 0 Å². The topological polar surface area (TPSA) is 12.0 Å². The molecule has 0 aliphatic heterocycles. The first-order valence-electron chi connectivity index (χ1n) is 6.52. The van der Waals surface area contributed by atoms with Gasteiger partial charge < -0.3 is 5.32 Å². The van der Waals surface area contributed by atoms with Crippen LogP contribution in [0, 0.1) is 11.6 Å². The van der Waals surface area contributed by atoms with Gasteiger partial charge in [-0.05, 0) is 48.1 Å². The normalized spacial score (nSPS) is 13.4. The fourth-order valence-electron chi connectivity index (χ4n) is 2.59. The number of halogens is 2. The average Bonchev–Trinajstić information content (AvgIpc) is 2.85. The maximum absolute atomic E-state index is 13.5. The van der Waals surface area contributed by atoms with Crippen molar-refractivity contribution in [2.45, 2.75) is 25.8 Å². The summed E-state index contributed by atoms with van der Waals surface area (Å²) < 4.78 is 26.9. The van der Waals surface area contributed by atoms with Gasteiger partial charge in [0.2, 0.25) is 0 Å². The van der Waals surface area contributed by atoms with Crippen molar-refractivity contribution in [3.63, 3.8) is 0 Å². The van der Waals surface area contributed by atoms with Crippen LogP contribution in [0.2, 0.25) is 0 Å². The van der Waals surface area contributed by atoms with E-state index in [1.54, 1.807) is 0 Å². The Balaban J connectivity index is 1.76. The molecule has 0 fully saturated rings. The Kier molecular flexibility index (Phi) is 3.20. The van der Waals surface area contributed by atoms with Crippen LogP contribution < -0.4 is 5.32 Å². The SMILES string of the molecule is Fc1cccc(F)c1NCc1ccc2c(c1)CCC2. The molecule has 2 aromatic rings. The Morgan fingerprint density at radius 2 is 1.68 bits per heavy atom. The number of nitrogens with one attached hydrogen (secondary N) is 1. The van der Waals surface area contributed by atoms with Gasteiger partial charge in [0.25, 0.3) is 0 Å². The summed E-state index contributed by atoms with van der Waals surface area (Å²) in [6.45, 7) is 0.436. The van der Waals surface area contributed by atoms with Crippen LogP contribution in [0.15, 0.2) is 36.4 Å². The number of hydrogen-bond donors (Lipinski definition) is 1. The molecule has 98 valence electrons. The van der Waals surface area contributed by atoms with Gasteiger partial charge in [0, 0.05) is 6.54 Å². The summed E-state index contributed by atoms with van der Waals surface area (Å²) in [4.78, 5) is 0. The lowest BCUT2D eigenvalue weighted by Crippen LogP contribution is -2.04. The molecule has 0 aromatic heterocycles. The quantitative estimate of drug-likeness (QED) is 0.876. The Hall–Kier alpha value is -1.90. The molecule has 0 radical (unpaired) electrons. The molecule has 2 aromatic carbocycles. The van der Waals surface area contributed by atoms with Crippen molar-refractivity contribution in [2.75, 3.05) is 5.32 Å². The average molecular weight is 259 g/mol. The van der Waals surface area contributed by atoms with Crippen LogP contribution >= 0.6 is 0 Å². The van der Waals surface area contributed by atoms with E-state index in [1.165, 1.54) is 35.7 Å². The maximum atomic E-state index is 13.5. The standard InChI is InChI=1S/C16H15F2N/c17-14-5-2-6-15(18)16(14)19-10-11-7-8-12-3-1-4-13(12)9-11/h2,5-9,19H,1,3-4,10H2. The minimum absolute atomic E-state index is 0.0528. The smallest absolute Gasteiger partial charge is 0.149 e. The van der Waals surface area contributed by atoms with E-state index in [0.29, 0.717) is 6.54 Å². The zero-order chi connectivity index (χ0) is 13.2. The molecule has 19 heavy (non-hydrogen) atoms. The molecule has 0 bridgehead atoms. The van der Waals surface area contributed by atoms with Crippen LogP contribution in [0.1, 0.15) is 23.1 Å². The van der Waals surface area contributed by atoms with Crippen LogP contribution in [0.3, 0.4) is 0 Å². The molecular weight excluding hydrogens is 244 g/mol. The Bertz CT molecular complexity index is 587. The van der Waals surface area contributed by atoms with Crippen molar-refractivity contribution >= 4 is 5.69 Å². The predicted octanol–water partition coefficient (Wildman–Crippen LogP) is 4.07. The summed E-state index contributed by atoms with van der Waals surface area (Å²) in [5, 5.41) is 2.84. The number of anilines is 1. The lowest BCUT2D eigenvalue weighted by molar-refractivity contribution is 0.588. The molecule has 0 amide bonds. The second-order valence-corrected chi connectivity index (χ2v) is 4.91. The van der Waals surface area contributed by atoms with Crippen molar-refractivity contribution in [3.8, 4) is 0 Å². The first-order valence-corrected chi connectivity index (χ1v) is 6.52. The van der Waals surface area contributed by atoms with Crippen molar-refractivity contribution in [3.05, 3.63) is 64.7 Å². The fourth-order valence-corrected chi connectivity index (χ4v) is 2.59. The summed E-state index contributed by atoms with van der Waals surface area (Å²) in [6, 6.07) is 10.2. The van der Waals surface area contributed by atoms with Crippen LogP contribution in [0.25, 0.3) is 0 Å². The first kappa shape index (κ1) is 12.2. The number of hydrogen-bond acceptors (Lipinski definition) is 1. The van der Waals surface area contributed by atoms with Crippen molar-refractivity contribution in [1.29, 1.82) is 0 Å². The third-order valence-electron chi connectivity index (χ3n) is 3.59. The van der Waals surface area contributed by atoms with Gasteiger partial charge >= 0.3 is 0 Å². The molecule has 0 saturated carbocycles. The highest BCUT2D eigenvalue weighted by atomic mass is 19.1. The van der Waals surface area contributed by atoms with Gasteiger partial charge in [0.05, 0.1) is 0 Å². The molecule has 3 heteroatoms. The highest BCUT2D eigenvalue weighted by Crippen LogP contribution is 2.24. The van der Waals surface area contributed by atoms with E-state index in [-0.39, 0.29) is 5.69 Å². The third kappa shape index (κ3) is 2.46. The monoisotopic (exact) mass is 259 g/mol. The van der Waals surface area contributed by atoms with Gasteiger partial charge in [0.15, 0.2) is 0 Å². The van der Waals surface area contributed by atoms with Crippen LogP contribution in [0.5, 0.6) is 0 Å². The van der Waals surface area contributed by atoms with E-state index in [1.807, 2.05) is 6.07 Å². The van der Waals surface area contributed by atoms with E-state index in [9.17, 15) is 8.78 Å². The summed E-state index contributed by atoms with van der Waals surface area (Å²) in [6.07, 6.45) is 3.45. The summed E-state index contributed by atoms with van der Waals surface area (Å²) in [5.41, 5.74) is 3.78. The van der Waals surface area contributed by atoms with Gasteiger partial charge in [-0.25, -0.2) is 8.78 Å². The van der Waals surface area contributed by atoms with Crippen LogP contribution in [0.4, 0.5) is 14.5 Å². The van der Waals surface area contributed by atoms with Gasteiger partial charge in [-0.2, -0.15) is 0 Å². The minimum atomic E-state index is -0.554. The van der Waals surface area contributed by atoms with Crippen LogP contribution in [-0.4, -0.2) is 0 Å². The highest BCUT2D eigenvalue weighted by Gasteiger charge is 2.11. The minimum Gasteiger partial charge on any atom is -0.376 e. The number of fused-ring (bicyclic) bond motifs is 1. The summed E-state index contributed by atoms with van der Waals surface area (Å²) in [5.74, 6) is -1.11. The van der Waals surface area contributed by atoms with Gasteiger partial charge in [0.1, 0.15) is 17.3 Å². The van der Waals surface area contributed by atoms with E-state index < -0.39 is 11.6 Å². The highest BCUT2D eigenvalue weighted by molar-refractivity contribution is 5.47. The molecule has 1 aliphatic carbocycles. The van der Waals surface area contributed by atoms with E-state index in [0.717, 1.165) is 18.4 Å². The van der Waals surface area contributed by atoms with E-state index in [2.05, 4.69) is 17.4 Å². The number of aryl methyl sites for hydroxylation is 2. The molecule has 0 atom stereocenters. The second kappa shape index (κ2) is 5.00. The second-order valence-electron chi connectivity index (χ2n) is 4.91. The molecular formula is C16H15F2N. The molecule has 0 unspecified atom stereocenters. The third-order valence-corrected chi connectivity index (χ3v) is 3.59. The fraction of sp³-hybridized carbons (Fsp3) is 0.250. The molecule has 0 saturated heterocycles. The molecule has 0 spiro atoms. The molecule has 3 rings (SSSR count). The van der Waals surface area contributed by atoms with Crippen molar-refractivity contribution < 1.29 is 8.78 Å². The number of benzene rings is 2. The number of rotatable bonds is 3. The van der Waals surface area contributed by atoms with Crippen molar-refractivity contribution in [2.24, 2.45) is 0 Å². The van der Waals surface area contributed by atoms with Gasteiger partial charge in [-0.15, -0.1) is 0 Å². The lowest BCUT2D eigenvalue weighted by Gasteiger charge is -2.10. The summed E-state index contributed by atoms with van der Waals surface area (Å²) >= 11 is 0. The maximum Gasteiger partial charge on any atom is 0.149 e. The molecule has 0 heterocycles. The lowest BCUT2D eigenvalue weighted by atomic mass is 10.1. The largest absolute Gasteiger partial charge is 0.376 e. The zero-order valence-electron chi connectivity index (χ0n) is 10.5. The van der Waals surface area contributed by atoms with Crippen LogP contribution in [-0.2, 0) is 19.4 Å². The van der Waals surface area contributed by atoms with Crippen molar-refractivity contribution in [1.82, 2.24) is 0 Å². The van der Waals surface area contributed by atoms with Gasteiger partial charge in [-0.1, -0.05) is 24.3 Å². The van der Waals surface area contributed by atoms with Gasteiger partial charge in [-0.3, -0.25) is 0 Å². The molecule has 1 aliphatic rings.